The summed E-state index contributed by atoms with van der Waals surface area (Å²) >= 11 is 0. The molecule has 0 spiro atoms. The van der Waals surface area contributed by atoms with E-state index in [1.54, 1.807) is 20.8 Å². The van der Waals surface area contributed by atoms with Crippen LogP contribution in [0.25, 0.3) is 0 Å². The maximum absolute atomic E-state index is 12.3. The summed E-state index contributed by atoms with van der Waals surface area (Å²) in [4.78, 5) is 35.7. The Balaban J connectivity index is 3.20. The second kappa shape index (κ2) is 9.39. The minimum absolute atomic E-state index is 0.108. The summed E-state index contributed by atoms with van der Waals surface area (Å²) < 4.78 is 10.7. The largest absolute Gasteiger partial charge is 0.481 e. The van der Waals surface area contributed by atoms with Gasteiger partial charge >= 0.3 is 18.0 Å². The van der Waals surface area contributed by atoms with Gasteiger partial charge in [0.15, 0.2) is 0 Å². The predicted octanol–water partition coefficient (Wildman–Crippen LogP) is 2.30. The van der Waals surface area contributed by atoms with Crippen molar-refractivity contribution in [2.24, 2.45) is 23.5 Å². The molecular weight excluding hydrogens is 352 g/mol. The van der Waals surface area contributed by atoms with E-state index in [2.05, 4.69) is 5.32 Å². The molecule has 0 aliphatic heterocycles. The maximum Gasteiger partial charge on any atom is 0.407 e. The van der Waals surface area contributed by atoms with Crippen LogP contribution < -0.4 is 11.1 Å². The molecule has 1 fully saturated rings. The van der Waals surface area contributed by atoms with Crippen molar-refractivity contribution in [2.75, 3.05) is 0 Å². The first-order valence-electron chi connectivity index (χ1n) is 9.52. The van der Waals surface area contributed by atoms with Gasteiger partial charge in [0.1, 0.15) is 11.7 Å². The summed E-state index contributed by atoms with van der Waals surface area (Å²) in [6.45, 7) is 10.4. The van der Waals surface area contributed by atoms with Gasteiger partial charge in [0, 0.05) is 24.9 Å². The Labute approximate surface area is 161 Å². The molecule has 0 aromatic carbocycles. The van der Waals surface area contributed by atoms with E-state index in [0.717, 1.165) is 12.8 Å². The molecule has 1 amide bonds. The van der Waals surface area contributed by atoms with Gasteiger partial charge in [-0.15, -0.1) is 0 Å². The number of carboxylic acids is 1. The molecule has 1 aliphatic rings. The predicted molar refractivity (Wildman–Crippen MR) is 100.0 cm³/mol. The Bertz CT molecular complexity index is 543. The number of ether oxygens (including phenoxy) is 2. The summed E-state index contributed by atoms with van der Waals surface area (Å²) in [5, 5.41) is 12.4. The zero-order valence-corrected chi connectivity index (χ0v) is 17.2. The number of alkyl carbamates (subject to hydrolysis) is 1. The topological polar surface area (TPSA) is 128 Å². The highest BCUT2D eigenvalue weighted by atomic mass is 16.6. The van der Waals surface area contributed by atoms with Gasteiger partial charge in [-0.3, -0.25) is 9.59 Å². The number of hydrogen-bond acceptors (Lipinski definition) is 6. The highest BCUT2D eigenvalue weighted by Crippen LogP contribution is 2.41. The number of nitrogens with one attached hydrogen (secondary N) is 1. The molecule has 0 radical (unpaired) electrons. The molecule has 8 nitrogen and oxygen atoms in total. The van der Waals surface area contributed by atoms with Crippen LogP contribution in [0.5, 0.6) is 0 Å². The van der Waals surface area contributed by atoms with Gasteiger partial charge in [-0.2, -0.15) is 0 Å². The van der Waals surface area contributed by atoms with Crippen LogP contribution in [0.3, 0.4) is 0 Å². The SMILES string of the molecule is CCCC(C(C)N)C1C(NC(=O)OC(C)(C)C)C[C@H](C(=O)O)C1OC(C)=O. The molecular formula is C19H34N2O6. The molecule has 1 aliphatic carbocycles. The van der Waals surface area contributed by atoms with Crippen molar-refractivity contribution >= 4 is 18.0 Å². The summed E-state index contributed by atoms with van der Waals surface area (Å²) in [5.74, 6) is -3.02. The van der Waals surface area contributed by atoms with Crippen LogP contribution in [-0.2, 0) is 19.1 Å². The number of hydrogen-bond donors (Lipinski definition) is 3. The molecule has 5 unspecified atom stereocenters. The molecule has 1 saturated carbocycles. The average molecular weight is 386 g/mol. The van der Waals surface area contributed by atoms with Gasteiger partial charge in [-0.25, -0.2) is 4.79 Å². The van der Waals surface area contributed by atoms with E-state index < -0.39 is 47.6 Å². The Hall–Kier alpha value is -1.83. The third-order valence-corrected chi connectivity index (χ3v) is 4.86. The van der Waals surface area contributed by atoms with Crippen LogP contribution in [0.15, 0.2) is 0 Å². The van der Waals surface area contributed by atoms with Crippen molar-refractivity contribution < 1.29 is 29.0 Å². The normalized spacial score (nSPS) is 27.5. The lowest BCUT2D eigenvalue weighted by Gasteiger charge is -2.35. The van der Waals surface area contributed by atoms with Crippen molar-refractivity contribution in [3.63, 3.8) is 0 Å². The van der Waals surface area contributed by atoms with E-state index in [9.17, 15) is 19.5 Å². The molecule has 27 heavy (non-hydrogen) atoms. The van der Waals surface area contributed by atoms with E-state index >= 15 is 0 Å². The minimum Gasteiger partial charge on any atom is -0.481 e. The molecule has 0 aromatic rings. The summed E-state index contributed by atoms with van der Waals surface area (Å²) in [5.41, 5.74) is 5.50. The van der Waals surface area contributed by atoms with Gasteiger partial charge < -0.3 is 25.6 Å². The van der Waals surface area contributed by atoms with E-state index in [1.165, 1.54) is 6.92 Å². The summed E-state index contributed by atoms with van der Waals surface area (Å²) in [6.07, 6.45) is 0.266. The molecule has 0 heterocycles. The number of carboxylic acid groups (broad SMARTS) is 1. The van der Waals surface area contributed by atoms with Gasteiger partial charge in [-0.1, -0.05) is 13.3 Å². The van der Waals surface area contributed by atoms with Crippen molar-refractivity contribution in [1.29, 1.82) is 0 Å². The second-order valence-corrected chi connectivity index (χ2v) is 8.40. The number of nitrogens with two attached hydrogens (primary N) is 1. The lowest BCUT2D eigenvalue weighted by Crippen LogP contribution is -2.49. The van der Waals surface area contributed by atoms with Gasteiger partial charge in [0.05, 0.1) is 5.92 Å². The fraction of sp³-hybridized carbons (Fsp3) is 0.842. The number of carbonyl (C=O) groups excluding carboxylic acids is 2. The average Bonchev–Trinajstić information content (AvgIpc) is 2.80. The quantitative estimate of drug-likeness (QED) is 0.573. The highest BCUT2D eigenvalue weighted by Gasteiger charge is 2.52. The Morgan fingerprint density at radius 3 is 2.30 bits per heavy atom. The second-order valence-electron chi connectivity index (χ2n) is 8.40. The zero-order chi connectivity index (χ0) is 20.9. The third-order valence-electron chi connectivity index (χ3n) is 4.86. The molecule has 4 N–H and O–H groups in total. The van der Waals surface area contributed by atoms with Crippen LogP contribution in [0, 0.1) is 17.8 Å². The maximum atomic E-state index is 12.3. The molecule has 0 aromatic heterocycles. The lowest BCUT2D eigenvalue weighted by atomic mass is 9.78. The standard InChI is InChI=1S/C19H34N2O6/c1-7-8-12(10(2)20)15-14(21-18(25)27-19(4,5)6)9-13(17(23)24)16(15)26-11(3)22/h10,12-16H,7-9,20H2,1-6H3,(H,21,25)(H,23,24)/t10?,12?,13-,14?,15?,16?/m0/s1. The van der Waals surface area contributed by atoms with Gasteiger partial charge in [-0.05, 0) is 46.5 Å². The number of rotatable bonds is 7. The first kappa shape index (κ1) is 23.2. The van der Waals surface area contributed by atoms with E-state index in [-0.39, 0.29) is 18.4 Å². The molecule has 0 bridgehead atoms. The van der Waals surface area contributed by atoms with E-state index in [0.29, 0.717) is 0 Å². The summed E-state index contributed by atoms with van der Waals surface area (Å²) in [6, 6.07) is -0.753. The van der Waals surface area contributed by atoms with Crippen LogP contribution in [0.4, 0.5) is 4.79 Å². The fourth-order valence-corrected chi connectivity index (χ4v) is 3.95. The fourth-order valence-electron chi connectivity index (χ4n) is 3.95. The first-order chi connectivity index (χ1) is 12.4. The Morgan fingerprint density at radius 2 is 1.89 bits per heavy atom. The van der Waals surface area contributed by atoms with E-state index in [1.807, 2.05) is 13.8 Å². The lowest BCUT2D eigenvalue weighted by molar-refractivity contribution is -0.158. The third kappa shape index (κ3) is 6.68. The minimum atomic E-state index is -1.06. The van der Waals surface area contributed by atoms with Crippen molar-refractivity contribution in [1.82, 2.24) is 5.32 Å². The van der Waals surface area contributed by atoms with E-state index in [4.69, 9.17) is 15.2 Å². The molecule has 1 rings (SSSR count). The molecule has 0 saturated heterocycles. The first-order valence-corrected chi connectivity index (χ1v) is 9.52. The monoisotopic (exact) mass is 386 g/mol. The Kier molecular flexibility index (Phi) is 8.07. The van der Waals surface area contributed by atoms with Crippen molar-refractivity contribution in [3.05, 3.63) is 0 Å². The van der Waals surface area contributed by atoms with Crippen molar-refractivity contribution in [3.8, 4) is 0 Å². The number of esters is 1. The van der Waals surface area contributed by atoms with Gasteiger partial charge in [0.25, 0.3) is 0 Å². The van der Waals surface area contributed by atoms with Crippen molar-refractivity contribution in [2.45, 2.75) is 84.6 Å². The van der Waals surface area contributed by atoms with Crippen LogP contribution in [0.2, 0.25) is 0 Å². The summed E-state index contributed by atoms with van der Waals surface area (Å²) in [7, 11) is 0. The smallest absolute Gasteiger partial charge is 0.407 e. The van der Waals surface area contributed by atoms with Crippen LogP contribution in [0.1, 0.15) is 60.8 Å². The van der Waals surface area contributed by atoms with Crippen LogP contribution in [-0.4, -0.2) is 46.9 Å². The number of aliphatic carboxylic acids is 1. The number of carbonyl (C=O) groups is 3. The van der Waals surface area contributed by atoms with Crippen LogP contribution >= 0.6 is 0 Å². The highest BCUT2D eigenvalue weighted by molar-refractivity contribution is 5.74. The molecule has 8 heteroatoms. The Morgan fingerprint density at radius 1 is 1.30 bits per heavy atom. The molecule has 6 atom stereocenters. The number of amides is 1. The zero-order valence-electron chi connectivity index (χ0n) is 17.2. The van der Waals surface area contributed by atoms with Gasteiger partial charge in [0.2, 0.25) is 0 Å². The molecule has 156 valence electrons.